The summed E-state index contributed by atoms with van der Waals surface area (Å²) in [6.45, 7) is 1.41. The Morgan fingerprint density at radius 3 is 2.88 bits per heavy atom. The number of fused-ring (bicyclic) bond motifs is 1. The van der Waals surface area contributed by atoms with Crippen LogP contribution < -0.4 is 5.32 Å². The lowest BCUT2D eigenvalue weighted by Gasteiger charge is -2.33. The standard InChI is InChI=1S/C20H19FN2OS/c21-15-6-3-7-16(12-15)22-17-8-4-10-23(13-17)20(24)19-11-14-5-1-2-9-18(14)25-19/h1-3,5-7,9,11-12,17,22H,4,8,10,13H2. The molecule has 4 rings (SSSR count). The van der Waals surface area contributed by atoms with Crippen LogP contribution in [0.5, 0.6) is 0 Å². The van der Waals surface area contributed by atoms with E-state index in [-0.39, 0.29) is 17.8 Å². The number of likely N-dealkylation sites (tertiary alicyclic amines) is 1. The van der Waals surface area contributed by atoms with Gasteiger partial charge in [-0.05, 0) is 48.6 Å². The van der Waals surface area contributed by atoms with Gasteiger partial charge in [-0.25, -0.2) is 4.39 Å². The summed E-state index contributed by atoms with van der Waals surface area (Å²) in [4.78, 5) is 15.6. The van der Waals surface area contributed by atoms with Crippen molar-refractivity contribution in [3.63, 3.8) is 0 Å². The van der Waals surface area contributed by atoms with E-state index in [9.17, 15) is 9.18 Å². The molecule has 1 aliphatic heterocycles. The molecule has 25 heavy (non-hydrogen) atoms. The molecule has 0 saturated carbocycles. The maximum Gasteiger partial charge on any atom is 0.264 e. The molecule has 3 nitrogen and oxygen atoms in total. The number of anilines is 1. The van der Waals surface area contributed by atoms with E-state index in [1.807, 2.05) is 41.3 Å². The SMILES string of the molecule is O=C(c1cc2ccccc2s1)N1CCCC(Nc2cccc(F)c2)C1. The Morgan fingerprint density at radius 2 is 2.04 bits per heavy atom. The summed E-state index contributed by atoms with van der Waals surface area (Å²) in [5, 5.41) is 4.47. The first-order valence-electron chi connectivity index (χ1n) is 8.49. The van der Waals surface area contributed by atoms with E-state index in [0.29, 0.717) is 6.54 Å². The van der Waals surface area contributed by atoms with Gasteiger partial charge in [0.2, 0.25) is 0 Å². The van der Waals surface area contributed by atoms with Crippen LogP contribution in [0.25, 0.3) is 10.1 Å². The molecule has 1 amide bonds. The number of halogens is 1. The molecular formula is C20H19FN2OS. The van der Waals surface area contributed by atoms with Crippen LogP contribution in [0, 0.1) is 5.82 Å². The van der Waals surface area contributed by atoms with Gasteiger partial charge in [0.15, 0.2) is 0 Å². The van der Waals surface area contributed by atoms with Crippen molar-refractivity contribution in [2.45, 2.75) is 18.9 Å². The molecule has 0 spiro atoms. The molecule has 0 radical (unpaired) electrons. The number of benzene rings is 2. The summed E-state index contributed by atoms with van der Waals surface area (Å²) < 4.78 is 14.5. The lowest BCUT2D eigenvalue weighted by molar-refractivity contribution is 0.0720. The summed E-state index contributed by atoms with van der Waals surface area (Å²) in [6.07, 6.45) is 1.93. The van der Waals surface area contributed by atoms with Crippen LogP contribution in [0.2, 0.25) is 0 Å². The number of nitrogens with one attached hydrogen (secondary N) is 1. The minimum atomic E-state index is -0.251. The zero-order chi connectivity index (χ0) is 17.2. The normalized spacial score (nSPS) is 17.6. The molecule has 0 bridgehead atoms. The fourth-order valence-corrected chi connectivity index (χ4v) is 4.37. The number of hydrogen-bond acceptors (Lipinski definition) is 3. The Bertz CT molecular complexity index is 874. The molecule has 1 unspecified atom stereocenters. The van der Waals surface area contributed by atoms with Gasteiger partial charge in [0, 0.05) is 29.5 Å². The topological polar surface area (TPSA) is 32.3 Å². The second-order valence-corrected chi connectivity index (χ2v) is 7.48. The van der Waals surface area contributed by atoms with E-state index in [4.69, 9.17) is 0 Å². The molecular weight excluding hydrogens is 335 g/mol. The Hall–Kier alpha value is -2.40. The number of hydrogen-bond donors (Lipinski definition) is 1. The summed E-state index contributed by atoms with van der Waals surface area (Å²) in [5.74, 6) is -0.161. The summed E-state index contributed by atoms with van der Waals surface area (Å²) in [7, 11) is 0. The van der Waals surface area contributed by atoms with Crippen LogP contribution in [0.15, 0.2) is 54.6 Å². The van der Waals surface area contributed by atoms with Crippen molar-refractivity contribution in [3.05, 3.63) is 65.3 Å². The zero-order valence-electron chi connectivity index (χ0n) is 13.7. The number of nitrogens with zero attached hydrogens (tertiary/aromatic N) is 1. The van der Waals surface area contributed by atoms with Gasteiger partial charge in [-0.15, -0.1) is 11.3 Å². The Labute approximate surface area is 150 Å². The molecule has 128 valence electrons. The Balaban J connectivity index is 1.47. The minimum absolute atomic E-state index is 0.0898. The van der Waals surface area contributed by atoms with Gasteiger partial charge in [0.05, 0.1) is 4.88 Å². The summed E-state index contributed by atoms with van der Waals surface area (Å²) in [5.41, 5.74) is 0.765. The minimum Gasteiger partial charge on any atom is -0.380 e. The fourth-order valence-electron chi connectivity index (χ4n) is 3.34. The van der Waals surface area contributed by atoms with Crippen molar-refractivity contribution in [1.82, 2.24) is 4.90 Å². The van der Waals surface area contributed by atoms with E-state index < -0.39 is 0 Å². The monoisotopic (exact) mass is 354 g/mol. The van der Waals surface area contributed by atoms with E-state index in [1.54, 1.807) is 17.4 Å². The largest absolute Gasteiger partial charge is 0.380 e. The van der Waals surface area contributed by atoms with Crippen LogP contribution in [0.3, 0.4) is 0 Å². The fraction of sp³-hybridized carbons (Fsp3) is 0.250. The highest BCUT2D eigenvalue weighted by molar-refractivity contribution is 7.20. The van der Waals surface area contributed by atoms with Crippen molar-refractivity contribution in [2.24, 2.45) is 0 Å². The second-order valence-electron chi connectivity index (χ2n) is 6.39. The van der Waals surface area contributed by atoms with Crippen LogP contribution in [0.1, 0.15) is 22.5 Å². The predicted octanol–water partition coefficient (Wildman–Crippen LogP) is 4.76. The molecule has 1 saturated heterocycles. The Morgan fingerprint density at radius 1 is 1.16 bits per heavy atom. The van der Waals surface area contributed by atoms with Gasteiger partial charge in [0.25, 0.3) is 5.91 Å². The van der Waals surface area contributed by atoms with Crippen LogP contribution in [-0.2, 0) is 0 Å². The number of thiophene rings is 1. The first kappa shape index (κ1) is 16.1. The van der Waals surface area contributed by atoms with Crippen LogP contribution in [-0.4, -0.2) is 29.9 Å². The van der Waals surface area contributed by atoms with Gasteiger partial charge in [0.1, 0.15) is 5.82 Å². The Kier molecular flexibility index (Phi) is 4.40. The summed E-state index contributed by atoms with van der Waals surface area (Å²) >= 11 is 1.54. The number of carbonyl (C=O) groups is 1. The van der Waals surface area contributed by atoms with Crippen molar-refractivity contribution in [2.75, 3.05) is 18.4 Å². The van der Waals surface area contributed by atoms with Crippen molar-refractivity contribution in [3.8, 4) is 0 Å². The highest BCUT2D eigenvalue weighted by Gasteiger charge is 2.25. The van der Waals surface area contributed by atoms with Gasteiger partial charge in [-0.1, -0.05) is 24.3 Å². The molecule has 0 aliphatic carbocycles. The first-order valence-corrected chi connectivity index (χ1v) is 9.31. The van der Waals surface area contributed by atoms with Gasteiger partial charge >= 0.3 is 0 Å². The van der Waals surface area contributed by atoms with Crippen LogP contribution >= 0.6 is 11.3 Å². The van der Waals surface area contributed by atoms with Gasteiger partial charge in [-0.2, -0.15) is 0 Å². The van der Waals surface area contributed by atoms with Crippen molar-refractivity contribution in [1.29, 1.82) is 0 Å². The van der Waals surface area contributed by atoms with E-state index in [0.717, 1.165) is 40.0 Å². The average Bonchev–Trinajstić information content (AvgIpc) is 3.05. The smallest absolute Gasteiger partial charge is 0.264 e. The third kappa shape index (κ3) is 3.51. The molecule has 1 aliphatic rings. The maximum atomic E-state index is 13.3. The zero-order valence-corrected chi connectivity index (χ0v) is 14.6. The molecule has 1 fully saturated rings. The lowest BCUT2D eigenvalue weighted by atomic mass is 10.0. The molecule has 2 heterocycles. The molecule has 2 aromatic carbocycles. The number of carbonyl (C=O) groups excluding carboxylic acids is 1. The quantitative estimate of drug-likeness (QED) is 0.736. The van der Waals surface area contributed by atoms with E-state index in [2.05, 4.69) is 5.32 Å². The number of piperidine rings is 1. The van der Waals surface area contributed by atoms with E-state index in [1.165, 1.54) is 12.1 Å². The highest BCUT2D eigenvalue weighted by Crippen LogP contribution is 2.27. The van der Waals surface area contributed by atoms with Gasteiger partial charge in [-0.3, -0.25) is 4.79 Å². The van der Waals surface area contributed by atoms with Crippen LogP contribution in [0.4, 0.5) is 10.1 Å². The highest BCUT2D eigenvalue weighted by atomic mass is 32.1. The molecule has 1 atom stereocenters. The molecule has 1 aromatic heterocycles. The van der Waals surface area contributed by atoms with Crippen molar-refractivity contribution >= 4 is 33.0 Å². The average molecular weight is 354 g/mol. The number of amides is 1. The maximum absolute atomic E-state index is 13.3. The molecule has 1 N–H and O–H groups in total. The molecule has 5 heteroatoms. The third-order valence-corrected chi connectivity index (χ3v) is 5.64. The first-order chi connectivity index (χ1) is 12.2. The second kappa shape index (κ2) is 6.84. The lowest BCUT2D eigenvalue weighted by Crippen LogP contribution is -2.44. The number of rotatable bonds is 3. The van der Waals surface area contributed by atoms with Crippen molar-refractivity contribution < 1.29 is 9.18 Å². The summed E-state index contributed by atoms with van der Waals surface area (Å²) in [6, 6.07) is 16.7. The van der Waals surface area contributed by atoms with Gasteiger partial charge < -0.3 is 10.2 Å². The molecule has 3 aromatic rings. The predicted molar refractivity (Wildman–Crippen MR) is 101 cm³/mol. The third-order valence-electron chi connectivity index (χ3n) is 4.54. The van der Waals surface area contributed by atoms with E-state index >= 15 is 0 Å².